The summed E-state index contributed by atoms with van der Waals surface area (Å²) in [5.74, 6) is -0.142. The third-order valence-corrected chi connectivity index (χ3v) is 3.97. The van der Waals surface area contributed by atoms with Gasteiger partial charge in [0, 0.05) is 12.7 Å². The predicted molar refractivity (Wildman–Crippen MR) is 91.5 cm³/mol. The quantitative estimate of drug-likeness (QED) is 0.800. The molecule has 7 heteroatoms. The maximum atomic E-state index is 12.4. The molecule has 1 N–H and O–H groups in total. The Kier molecular flexibility index (Phi) is 4.16. The molecule has 0 aliphatic heterocycles. The Bertz CT molecular complexity index is 842. The van der Waals surface area contributed by atoms with E-state index in [9.17, 15) is 4.79 Å². The second-order valence-electron chi connectivity index (χ2n) is 5.91. The van der Waals surface area contributed by atoms with Crippen LogP contribution >= 0.6 is 0 Å². The molecular formula is C17H20N6O. The lowest BCUT2D eigenvalue weighted by Crippen LogP contribution is -2.24. The fourth-order valence-electron chi connectivity index (χ4n) is 2.49. The van der Waals surface area contributed by atoms with Crippen molar-refractivity contribution in [1.82, 2.24) is 24.8 Å². The number of carbonyl (C=O) groups excluding carboxylic acids is 1. The van der Waals surface area contributed by atoms with Crippen molar-refractivity contribution in [2.45, 2.75) is 26.8 Å². The molecule has 1 unspecified atom stereocenters. The molecule has 124 valence electrons. The monoisotopic (exact) mass is 324 g/mol. The van der Waals surface area contributed by atoms with E-state index in [0.29, 0.717) is 5.69 Å². The van der Waals surface area contributed by atoms with Crippen LogP contribution in [0.15, 0.2) is 36.7 Å². The van der Waals surface area contributed by atoms with Crippen LogP contribution in [0.3, 0.4) is 0 Å². The van der Waals surface area contributed by atoms with E-state index >= 15 is 0 Å². The van der Waals surface area contributed by atoms with E-state index in [-0.39, 0.29) is 5.91 Å². The predicted octanol–water partition coefficient (Wildman–Crippen LogP) is 2.50. The SMILES string of the molecule is Cc1ccc(NC(=O)C(C)n2cc(-c3c(C)cnn3C)nn2)cc1. The average molecular weight is 324 g/mol. The second kappa shape index (κ2) is 6.27. The highest BCUT2D eigenvalue weighted by molar-refractivity contribution is 5.93. The van der Waals surface area contributed by atoms with Gasteiger partial charge in [0.2, 0.25) is 5.91 Å². The first kappa shape index (κ1) is 15.9. The van der Waals surface area contributed by atoms with Gasteiger partial charge in [-0.3, -0.25) is 9.48 Å². The Morgan fingerprint density at radius 1 is 1.21 bits per heavy atom. The third-order valence-electron chi connectivity index (χ3n) is 3.97. The summed E-state index contributed by atoms with van der Waals surface area (Å²) in [6, 6.07) is 7.20. The van der Waals surface area contributed by atoms with E-state index in [1.807, 2.05) is 45.2 Å². The molecule has 1 amide bonds. The molecule has 3 aromatic rings. The molecule has 0 spiro atoms. The molecule has 0 bridgehead atoms. The second-order valence-corrected chi connectivity index (χ2v) is 5.91. The normalized spacial score (nSPS) is 12.2. The fourth-order valence-corrected chi connectivity index (χ4v) is 2.49. The number of rotatable bonds is 4. The zero-order chi connectivity index (χ0) is 17.3. The summed E-state index contributed by atoms with van der Waals surface area (Å²) in [7, 11) is 1.86. The number of amides is 1. The molecule has 0 radical (unpaired) electrons. The number of hydrogen-bond acceptors (Lipinski definition) is 4. The fraction of sp³-hybridized carbons (Fsp3) is 0.294. The maximum Gasteiger partial charge on any atom is 0.249 e. The van der Waals surface area contributed by atoms with E-state index in [0.717, 1.165) is 22.5 Å². The molecular weight excluding hydrogens is 304 g/mol. The highest BCUT2D eigenvalue weighted by Gasteiger charge is 2.19. The Hall–Kier alpha value is -2.96. The first-order chi connectivity index (χ1) is 11.5. The van der Waals surface area contributed by atoms with Crippen molar-refractivity contribution in [3.8, 4) is 11.4 Å². The van der Waals surface area contributed by atoms with Gasteiger partial charge >= 0.3 is 0 Å². The van der Waals surface area contributed by atoms with Crippen molar-refractivity contribution < 1.29 is 4.79 Å². The molecule has 1 aromatic carbocycles. The molecule has 0 fully saturated rings. The van der Waals surface area contributed by atoms with Gasteiger partial charge < -0.3 is 5.32 Å². The highest BCUT2D eigenvalue weighted by atomic mass is 16.2. The molecule has 0 saturated heterocycles. The van der Waals surface area contributed by atoms with Crippen LogP contribution in [-0.4, -0.2) is 30.7 Å². The van der Waals surface area contributed by atoms with Gasteiger partial charge in [-0.1, -0.05) is 22.9 Å². The number of benzene rings is 1. The zero-order valence-electron chi connectivity index (χ0n) is 14.2. The van der Waals surface area contributed by atoms with Gasteiger partial charge in [0.25, 0.3) is 0 Å². The van der Waals surface area contributed by atoms with Crippen molar-refractivity contribution in [3.05, 3.63) is 47.8 Å². The van der Waals surface area contributed by atoms with E-state index in [1.165, 1.54) is 0 Å². The molecule has 0 aliphatic carbocycles. The molecule has 0 saturated carbocycles. The topological polar surface area (TPSA) is 77.6 Å². The lowest BCUT2D eigenvalue weighted by atomic mass is 10.2. The zero-order valence-corrected chi connectivity index (χ0v) is 14.2. The number of nitrogens with zero attached hydrogens (tertiary/aromatic N) is 5. The number of aryl methyl sites for hydroxylation is 3. The van der Waals surface area contributed by atoms with Crippen LogP contribution in [0.25, 0.3) is 11.4 Å². The van der Waals surface area contributed by atoms with Crippen LogP contribution in [-0.2, 0) is 11.8 Å². The minimum atomic E-state index is -0.471. The average Bonchev–Trinajstić information content (AvgIpc) is 3.15. The van der Waals surface area contributed by atoms with Crippen LogP contribution < -0.4 is 5.32 Å². The summed E-state index contributed by atoms with van der Waals surface area (Å²) in [6.07, 6.45) is 3.55. The van der Waals surface area contributed by atoms with E-state index in [4.69, 9.17) is 0 Å². The number of carbonyl (C=O) groups is 1. The Morgan fingerprint density at radius 2 is 1.92 bits per heavy atom. The van der Waals surface area contributed by atoms with Gasteiger partial charge in [0.1, 0.15) is 11.7 Å². The molecule has 3 rings (SSSR count). The molecule has 0 aliphatic rings. The van der Waals surface area contributed by atoms with Crippen LogP contribution in [0.5, 0.6) is 0 Å². The van der Waals surface area contributed by atoms with Gasteiger partial charge in [-0.2, -0.15) is 5.10 Å². The van der Waals surface area contributed by atoms with Crippen molar-refractivity contribution >= 4 is 11.6 Å². The standard InChI is InChI=1S/C17H20N6O/c1-11-5-7-14(8-6-11)19-17(24)13(3)23-10-15(20-21-23)16-12(2)9-18-22(16)4/h5-10,13H,1-4H3,(H,19,24). The summed E-state index contributed by atoms with van der Waals surface area (Å²) in [6.45, 7) is 5.76. The van der Waals surface area contributed by atoms with Crippen molar-refractivity contribution in [3.63, 3.8) is 0 Å². The first-order valence-electron chi connectivity index (χ1n) is 7.74. The summed E-state index contributed by atoms with van der Waals surface area (Å²) in [5, 5.41) is 15.4. The maximum absolute atomic E-state index is 12.4. The van der Waals surface area contributed by atoms with Gasteiger partial charge in [-0.15, -0.1) is 5.10 Å². The largest absolute Gasteiger partial charge is 0.324 e. The Balaban J connectivity index is 1.77. The first-order valence-corrected chi connectivity index (χ1v) is 7.74. The molecule has 2 aromatic heterocycles. The molecule has 1 atom stereocenters. The van der Waals surface area contributed by atoms with Gasteiger partial charge in [0.15, 0.2) is 0 Å². The number of anilines is 1. The molecule has 7 nitrogen and oxygen atoms in total. The summed E-state index contributed by atoms with van der Waals surface area (Å²) >= 11 is 0. The summed E-state index contributed by atoms with van der Waals surface area (Å²) < 4.78 is 3.31. The van der Waals surface area contributed by atoms with E-state index < -0.39 is 6.04 Å². The van der Waals surface area contributed by atoms with E-state index in [2.05, 4.69) is 20.7 Å². The van der Waals surface area contributed by atoms with Crippen molar-refractivity contribution in [1.29, 1.82) is 0 Å². The summed E-state index contributed by atoms with van der Waals surface area (Å²) in [5.41, 5.74) is 4.52. The van der Waals surface area contributed by atoms with Crippen molar-refractivity contribution in [2.24, 2.45) is 7.05 Å². The Labute approximate surface area is 140 Å². The highest BCUT2D eigenvalue weighted by Crippen LogP contribution is 2.21. The van der Waals surface area contributed by atoms with Crippen LogP contribution in [0.4, 0.5) is 5.69 Å². The van der Waals surface area contributed by atoms with E-state index in [1.54, 1.807) is 28.7 Å². The lowest BCUT2D eigenvalue weighted by molar-refractivity contribution is -0.119. The van der Waals surface area contributed by atoms with Gasteiger partial charge in [0.05, 0.1) is 18.1 Å². The lowest BCUT2D eigenvalue weighted by Gasteiger charge is -2.12. The van der Waals surface area contributed by atoms with Crippen LogP contribution in [0.2, 0.25) is 0 Å². The minimum absolute atomic E-state index is 0.142. The number of nitrogens with one attached hydrogen (secondary N) is 1. The summed E-state index contributed by atoms with van der Waals surface area (Å²) in [4.78, 5) is 12.4. The molecule has 2 heterocycles. The molecule has 24 heavy (non-hydrogen) atoms. The van der Waals surface area contributed by atoms with Gasteiger partial charge in [-0.05, 0) is 38.5 Å². The van der Waals surface area contributed by atoms with Crippen LogP contribution in [0.1, 0.15) is 24.1 Å². The van der Waals surface area contributed by atoms with Gasteiger partial charge in [-0.25, -0.2) is 4.68 Å². The number of hydrogen-bond donors (Lipinski definition) is 1. The third kappa shape index (κ3) is 3.05. The smallest absolute Gasteiger partial charge is 0.249 e. The minimum Gasteiger partial charge on any atom is -0.324 e. The van der Waals surface area contributed by atoms with Crippen LogP contribution in [0, 0.1) is 13.8 Å². The Morgan fingerprint density at radius 3 is 2.54 bits per heavy atom. The van der Waals surface area contributed by atoms with Crippen molar-refractivity contribution in [2.75, 3.05) is 5.32 Å². The number of aromatic nitrogens is 5.